The molecule has 3 atom stereocenters. The summed E-state index contributed by atoms with van der Waals surface area (Å²) in [7, 11) is 0. The molecule has 0 aliphatic heterocycles. The van der Waals surface area contributed by atoms with Crippen LogP contribution in [-0.2, 0) is 4.79 Å². The zero-order chi connectivity index (χ0) is 21.5. The van der Waals surface area contributed by atoms with Gasteiger partial charge in [-0.25, -0.2) is 4.39 Å². The molecule has 2 N–H and O–H groups in total. The van der Waals surface area contributed by atoms with Gasteiger partial charge in [-0.05, 0) is 43.0 Å². The van der Waals surface area contributed by atoms with Gasteiger partial charge in [0.1, 0.15) is 11.6 Å². The number of carbonyl (C=O) groups is 1. The molecule has 0 radical (unpaired) electrons. The highest BCUT2D eigenvalue weighted by Crippen LogP contribution is 2.50. The van der Waals surface area contributed by atoms with Crippen LogP contribution in [0.2, 0.25) is 0 Å². The van der Waals surface area contributed by atoms with Gasteiger partial charge in [-0.3, -0.25) is 9.78 Å². The summed E-state index contributed by atoms with van der Waals surface area (Å²) in [4.78, 5) is 19.6. The lowest BCUT2D eigenvalue weighted by Crippen LogP contribution is -2.29. The molecule has 1 saturated carbocycles. The molecule has 4 rings (SSSR count). The SMILES string of the molecule is CC(NC(=O)[C@@H]1C[C@H]1c1c[nH]c2c(F)cccc12)c1ccc(OCC(F)(F)F)cn1. The van der Waals surface area contributed by atoms with E-state index >= 15 is 0 Å². The van der Waals surface area contributed by atoms with Crippen LogP contribution < -0.4 is 10.1 Å². The Labute approximate surface area is 169 Å². The fourth-order valence-electron chi connectivity index (χ4n) is 3.57. The molecule has 2 aromatic heterocycles. The third-order valence-electron chi connectivity index (χ3n) is 5.19. The van der Waals surface area contributed by atoms with E-state index in [2.05, 4.69) is 20.0 Å². The van der Waals surface area contributed by atoms with E-state index in [0.717, 1.165) is 10.9 Å². The van der Waals surface area contributed by atoms with Crippen molar-refractivity contribution in [3.05, 3.63) is 59.8 Å². The number of hydrogen-bond donors (Lipinski definition) is 2. The van der Waals surface area contributed by atoms with E-state index in [1.165, 1.54) is 24.4 Å². The number of benzene rings is 1. The number of alkyl halides is 3. The first-order chi connectivity index (χ1) is 14.2. The Balaban J connectivity index is 1.36. The molecule has 0 saturated heterocycles. The van der Waals surface area contributed by atoms with Crippen LogP contribution >= 0.6 is 0 Å². The van der Waals surface area contributed by atoms with Gasteiger partial charge in [-0.15, -0.1) is 0 Å². The highest BCUT2D eigenvalue weighted by molar-refractivity contribution is 5.88. The molecule has 1 aromatic carbocycles. The van der Waals surface area contributed by atoms with Crippen LogP contribution in [0.5, 0.6) is 5.75 Å². The van der Waals surface area contributed by atoms with Gasteiger partial charge in [0.15, 0.2) is 6.61 Å². The second-order valence-corrected chi connectivity index (χ2v) is 7.41. The lowest BCUT2D eigenvalue weighted by Gasteiger charge is -2.14. The first-order valence-corrected chi connectivity index (χ1v) is 9.44. The number of rotatable bonds is 6. The topological polar surface area (TPSA) is 67.0 Å². The summed E-state index contributed by atoms with van der Waals surface area (Å²) >= 11 is 0. The molecule has 0 bridgehead atoms. The molecule has 0 spiro atoms. The largest absolute Gasteiger partial charge is 0.483 e. The number of halogens is 4. The molecule has 3 aromatic rings. The molecule has 5 nitrogen and oxygen atoms in total. The minimum atomic E-state index is -4.42. The fourth-order valence-corrected chi connectivity index (χ4v) is 3.57. The molecule has 30 heavy (non-hydrogen) atoms. The van der Waals surface area contributed by atoms with Crippen molar-refractivity contribution in [2.45, 2.75) is 31.5 Å². The van der Waals surface area contributed by atoms with Crippen molar-refractivity contribution in [3.63, 3.8) is 0 Å². The predicted molar refractivity (Wildman–Crippen MR) is 101 cm³/mol. The van der Waals surface area contributed by atoms with Crippen LogP contribution in [0.25, 0.3) is 10.9 Å². The lowest BCUT2D eigenvalue weighted by molar-refractivity contribution is -0.153. The maximum atomic E-state index is 13.9. The van der Waals surface area contributed by atoms with E-state index in [-0.39, 0.29) is 29.3 Å². The van der Waals surface area contributed by atoms with Crippen molar-refractivity contribution in [1.82, 2.24) is 15.3 Å². The molecule has 2 heterocycles. The van der Waals surface area contributed by atoms with Crippen molar-refractivity contribution >= 4 is 16.8 Å². The Morgan fingerprint density at radius 1 is 1.33 bits per heavy atom. The zero-order valence-electron chi connectivity index (χ0n) is 16.0. The fraction of sp³-hybridized carbons (Fsp3) is 0.333. The summed E-state index contributed by atoms with van der Waals surface area (Å²) < 4.78 is 55.1. The highest BCUT2D eigenvalue weighted by atomic mass is 19.4. The normalized spacial score (nSPS) is 19.5. The number of hydrogen-bond acceptors (Lipinski definition) is 3. The average molecular weight is 421 g/mol. The third-order valence-corrected chi connectivity index (χ3v) is 5.19. The molecule has 1 aliphatic carbocycles. The second kappa shape index (κ2) is 7.62. The monoisotopic (exact) mass is 421 g/mol. The molecule has 9 heteroatoms. The molecule has 1 fully saturated rings. The Bertz CT molecular complexity index is 1060. The summed E-state index contributed by atoms with van der Waals surface area (Å²) in [6.07, 6.45) is -0.808. The number of pyridine rings is 1. The zero-order valence-corrected chi connectivity index (χ0v) is 16.0. The molecule has 1 unspecified atom stereocenters. The third kappa shape index (κ3) is 4.24. The first kappa shape index (κ1) is 20.2. The quantitative estimate of drug-likeness (QED) is 0.571. The summed E-state index contributed by atoms with van der Waals surface area (Å²) in [5, 5.41) is 3.66. The Morgan fingerprint density at radius 2 is 2.13 bits per heavy atom. The first-order valence-electron chi connectivity index (χ1n) is 9.44. The van der Waals surface area contributed by atoms with Crippen LogP contribution in [0.15, 0.2) is 42.7 Å². The lowest BCUT2D eigenvalue weighted by atomic mass is 10.1. The average Bonchev–Trinajstić information content (AvgIpc) is 3.38. The Hall–Kier alpha value is -3.10. The number of amides is 1. The van der Waals surface area contributed by atoms with Gasteiger partial charge in [-0.1, -0.05) is 12.1 Å². The van der Waals surface area contributed by atoms with Gasteiger partial charge in [0.05, 0.1) is 23.4 Å². The second-order valence-electron chi connectivity index (χ2n) is 7.41. The van der Waals surface area contributed by atoms with E-state index in [1.807, 2.05) is 6.07 Å². The predicted octanol–water partition coefficient (Wildman–Crippen LogP) is 4.62. The van der Waals surface area contributed by atoms with Crippen molar-refractivity contribution in [1.29, 1.82) is 0 Å². The van der Waals surface area contributed by atoms with Gasteiger partial charge in [0.2, 0.25) is 5.91 Å². The number of ether oxygens (including phenoxy) is 1. The molecule has 158 valence electrons. The van der Waals surface area contributed by atoms with E-state index in [4.69, 9.17) is 0 Å². The van der Waals surface area contributed by atoms with Crippen LogP contribution in [0.3, 0.4) is 0 Å². The summed E-state index contributed by atoms with van der Waals surface area (Å²) in [6, 6.07) is 7.33. The van der Waals surface area contributed by atoms with Crippen molar-refractivity contribution in [3.8, 4) is 5.75 Å². The number of aromatic amines is 1. The van der Waals surface area contributed by atoms with Crippen LogP contribution in [0.4, 0.5) is 17.6 Å². The molecular weight excluding hydrogens is 402 g/mol. The molecule has 1 aliphatic rings. The Kier molecular flexibility index (Phi) is 5.13. The Morgan fingerprint density at radius 3 is 2.83 bits per heavy atom. The molecular formula is C21H19F4N3O2. The minimum Gasteiger partial charge on any atom is -0.483 e. The van der Waals surface area contributed by atoms with E-state index in [1.54, 1.807) is 19.2 Å². The highest BCUT2D eigenvalue weighted by Gasteiger charge is 2.45. The number of fused-ring (bicyclic) bond motifs is 1. The number of para-hydroxylation sites is 1. The van der Waals surface area contributed by atoms with Gasteiger partial charge in [-0.2, -0.15) is 13.2 Å². The van der Waals surface area contributed by atoms with Crippen LogP contribution in [-0.4, -0.2) is 28.7 Å². The van der Waals surface area contributed by atoms with Gasteiger partial charge >= 0.3 is 6.18 Å². The number of nitrogens with zero attached hydrogens (tertiary/aromatic N) is 1. The number of carbonyl (C=O) groups excluding carboxylic acids is 1. The summed E-state index contributed by atoms with van der Waals surface area (Å²) in [5.74, 6) is -0.674. The number of aromatic nitrogens is 2. The summed E-state index contributed by atoms with van der Waals surface area (Å²) in [6.45, 7) is 0.357. The number of H-pyrrole nitrogens is 1. The summed E-state index contributed by atoms with van der Waals surface area (Å²) in [5.41, 5.74) is 1.86. The van der Waals surface area contributed by atoms with Crippen molar-refractivity contribution in [2.24, 2.45) is 5.92 Å². The number of nitrogens with one attached hydrogen (secondary N) is 2. The van der Waals surface area contributed by atoms with Crippen molar-refractivity contribution in [2.75, 3.05) is 6.61 Å². The molecule has 1 amide bonds. The van der Waals surface area contributed by atoms with Gasteiger partial charge in [0.25, 0.3) is 0 Å². The van der Waals surface area contributed by atoms with Crippen molar-refractivity contribution < 1.29 is 27.1 Å². The van der Waals surface area contributed by atoms with E-state index < -0.39 is 18.8 Å². The van der Waals surface area contributed by atoms with Crippen LogP contribution in [0, 0.1) is 11.7 Å². The van der Waals surface area contributed by atoms with E-state index in [9.17, 15) is 22.4 Å². The van der Waals surface area contributed by atoms with E-state index in [0.29, 0.717) is 17.6 Å². The van der Waals surface area contributed by atoms with Gasteiger partial charge < -0.3 is 15.0 Å². The maximum absolute atomic E-state index is 13.9. The van der Waals surface area contributed by atoms with Gasteiger partial charge in [0, 0.05) is 17.5 Å². The smallest absolute Gasteiger partial charge is 0.422 e. The standard InChI is InChI=1S/C21H19F4N3O2/c1-11(18-6-5-12(8-26-18)30-10-21(23,24)25)28-20(29)15-7-14(15)16-9-27-19-13(16)3-2-4-17(19)22/h2-6,8-9,11,14-15,27H,7,10H2,1H3,(H,28,29)/t11?,14-,15-/m1/s1. The minimum absolute atomic E-state index is 0.00317. The maximum Gasteiger partial charge on any atom is 0.422 e. The van der Waals surface area contributed by atoms with Crippen LogP contribution in [0.1, 0.15) is 36.6 Å².